The van der Waals surface area contributed by atoms with Crippen molar-refractivity contribution in [3.05, 3.63) is 23.8 Å². The lowest BCUT2D eigenvalue weighted by Gasteiger charge is -2.38. The SMILES string of the molecule is CCSc1cccc(NCC2(N)CCC2)c1C#N. The van der Waals surface area contributed by atoms with Crippen LogP contribution < -0.4 is 11.1 Å². The monoisotopic (exact) mass is 261 g/mol. The predicted molar refractivity (Wildman–Crippen MR) is 76.8 cm³/mol. The maximum absolute atomic E-state index is 9.29. The molecule has 0 aliphatic heterocycles. The van der Waals surface area contributed by atoms with E-state index in [0.29, 0.717) is 0 Å². The predicted octanol–water partition coefficient (Wildman–Crippen LogP) is 2.96. The van der Waals surface area contributed by atoms with Crippen molar-refractivity contribution in [3.8, 4) is 6.07 Å². The summed E-state index contributed by atoms with van der Waals surface area (Å²) in [5, 5.41) is 12.6. The molecule has 0 spiro atoms. The van der Waals surface area contributed by atoms with Gasteiger partial charge in [0.1, 0.15) is 6.07 Å². The first-order valence-corrected chi connectivity index (χ1v) is 7.36. The topological polar surface area (TPSA) is 61.8 Å². The number of rotatable bonds is 5. The summed E-state index contributed by atoms with van der Waals surface area (Å²) in [6.07, 6.45) is 3.37. The highest BCUT2D eigenvalue weighted by Crippen LogP contribution is 2.31. The zero-order chi connectivity index (χ0) is 13.0. The van der Waals surface area contributed by atoms with Crippen molar-refractivity contribution < 1.29 is 0 Å². The fraction of sp³-hybridized carbons (Fsp3) is 0.500. The normalized spacial score (nSPS) is 16.7. The van der Waals surface area contributed by atoms with Crippen LogP contribution in [0.5, 0.6) is 0 Å². The Balaban J connectivity index is 2.12. The molecule has 0 radical (unpaired) electrons. The van der Waals surface area contributed by atoms with Gasteiger partial charge in [0, 0.05) is 17.0 Å². The highest BCUT2D eigenvalue weighted by molar-refractivity contribution is 7.99. The molecule has 3 N–H and O–H groups in total. The van der Waals surface area contributed by atoms with Crippen LogP contribution in [0.3, 0.4) is 0 Å². The Hall–Kier alpha value is -1.18. The van der Waals surface area contributed by atoms with Gasteiger partial charge in [-0.1, -0.05) is 13.0 Å². The van der Waals surface area contributed by atoms with E-state index >= 15 is 0 Å². The van der Waals surface area contributed by atoms with Gasteiger partial charge in [-0.25, -0.2) is 0 Å². The lowest BCUT2D eigenvalue weighted by Crippen LogP contribution is -2.52. The van der Waals surface area contributed by atoms with Crippen LogP contribution in [0, 0.1) is 11.3 Å². The van der Waals surface area contributed by atoms with E-state index in [-0.39, 0.29) is 5.54 Å². The molecule has 96 valence electrons. The van der Waals surface area contributed by atoms with Gasteiger partial charge in [-0.3, -0.25) is 0 Å². The van der Waals surface area contributed by atoms with Gasteiger partial charge in [-0.2, -0.15) is 5.26 Å². The number of hydrogen-bond donors (Lipinski definition) is 2. The summed E-state index contributed by atoms with van der Waals surface area (Å²) < 4.78 is 0. The lowest BCUT2D eigenvalue weighted by atomic mass is 9.78. The van der Waals surface area contributed by atoms with Crippen LogP contribution in [0.4, 0.5) is 5.69 Å². The first-order valence-electron chi connectivity index (χ1n) is 6.37. The van der Waals surface area contributed by atoms with E-state index in [1.165, 1.54) is 6.42 Å². The molecule has 0 aromatic heterocycles. The van der Waals surface area contributed by atoms with Crippen LogP contribution in [0.2, 0.25) is 0 Å². The molecule has 1 aliphatic rings. The molecular weight excluding hydrogens is 242 g/mol. The highest BCUT2D eigenvalue weighted by Gasteiger charge is 2.32. The van der Waals surface area contributed by atoms with Crippen molar-refractivity contribution in [3.63, 3.8) is 0 Å². The fourth-order valence-electron chi connectivity index (χ4n) is 2.15. The van der Waals surface area contributed by atoms with Gasteiger partial charge in [-0.15, -0.1) is 11.8 Å². The highest BCUT2D eigenvalue weighted by atomic mass is 32.2. The molecule has 1 fully saturated rings. The molecule has 0 amide bonds. The maximum atomic E-state index is 9.29. The molecule has 1 aliphatic carbocycles. The molecule has 0 unspecified atom stereocenters. The maximum Gasteiger partial charge on any atom is 0.102 e. The van der Waals surface area contributed by atoms with E-state index in [9.17, 15) is 5.26 Å². The number of hydrogen-bond acceptors (Lipinski definition) is 4. The Morgan fingerprint density at radius 2 is 2.28 bits per heavy atom. The van der Waals surface area contributed by atoms with Gasteiger partial charge < -0.3 is 11.1 Å². The van der Waals surface area contributed by atoms with E-state index in [4.69, 9.17) is 5.73 Å². The van der Waals surface area contributed by atoms with E-state index < -0.39 is 0 Å². The third-order valence-corrected chi connectivity index (χ3v) is 4.36. The van der Waals surface area contributed by atoms with Crippen LogP contribution in [0.25, 0.3) is 0 Å². The summed E-state index contributed by atoms with van der Waals surface area (Å²) in [5.74, 6) is 0.971. The van der Waals surface area contributed by atoms with Gasteiger partial charge in [0.05, 0.1) is 11.3 Å². The van der Waals surface area contributed by atoms with Gasteiger partial charge in [-0.05, 0) is 37.1 Å². The van der Waals surface area contributed by atoms with E-state index in [1.807, 2.05) is 18.2 Å². The summed E-state index contributed by atoms with van der Waals surface area (Å²) >= 11 is 1.70. The second-order valence-corrected chi connectivity index (χ2v) is 6.10. The van der Waals surface area contributed by atoms with Gasteiger partial charge in [0.2, 0.25) is 0 Å². The van der Waals surface area contributed by atoms with Gasteiger partial charge in [0.25, 0.3) is 0 Å². The van der Waals surface area contributed by atoms with Crippen molar-refractivity contribution in [2.45, 2.75) is 36.6 Å². The average molecular weight is 261 g/mol. The molecule has 0 bridgehead atoms. The second-order valence-electron chi connectivity index (χ2n) is 4.79. The van der Waals surface area contributed by atoms with Crippen LogP contribution in [0.15, 0.2) is 23.1 Å². The molecule has 1 aromatic rings. The van der Waals surface area contributed by atoms with Crippen molar-refractivity contribution >= 4 is 17.4 Å². The molecule has 0 saturated heterocycles. The number of nitrogens with zero attached hydrogens (tertiary/aromatic N) is 1. The smallest absolute Gasteiger partial charge is 0.102 e. The van der Waals surface area contributed by atoms with Crippen molar-refractivity contribution in [2.24, 2.45) is 5.73 Å². The molecule has 4 heteroatoms. The third kappa shape index (κ3) is 2.80. The molecule has 18 heavy (non-hydrogen) atoms. The van der Waals surface area contributed by atoms with Crippen molar-refractivity contribution in [2.75, 3.05) is 17.6 Å². The summed E-state index contributed by atoms with van der Waals surface area (Å²) in [6.45, 7) is 2.84. The quantitative estimate of drug-likeness (QED) is 0.800. The zero-order valence-electron chi connectivity index (χ0n) is 10.7. The Bertz CT molecular complexity index is 461. The number of benzene rings is 1. The first-order chi connectivity index (χ1) is 8.68. The Labute approximate surface area is 113 Å². The number of nitrogens with one attached hydrogen (secondary N) is 1. The fourth-order valence-corrected chi connectivity index (χ4v) is 2.93. The number of anilines is 1. The minimum absolute atomic E-state index is 0.0688. The Morgan fingerprint density at radius 1 is 1.50 bits per heavy atom. The second kappa shape index (κ2) is 5.64. The average Bonchev–Trinajstić information content (AvgIpc) is 2.34. The summed E-state index contributed by atoms with van der Waals surface area (Å²) in [4.78, 5) is 1.05. The van der Waals surface area contributed by atoms with Crippen LogP contribution in [-0.2, 0) is 0 Å². The largest absolute Gasteiger partial charge is 0.382 e. The molecule has 0 atom stereocenters. The van der Waals surface area contributed by atoms with Crippen LogP contribution in [0.1, 0.15) is 31.7 Å². The Kier molecular flexibility index (Phi) is 4.15. The molecule has 3 nitrogen and oxygen atoms in total. The molecule has 2 rings (SSSR count). The third-order valence-electron chi connectivity index (χ3n) is 3.42. The molecule has 1 saturated carbocycles. The number of nitriles is 1. The Morgan fingerprint density at radius 3 is 2.83 bits per heavy atom. The minimum atomic E-state index is -0.0688. The van der Waals surface area contributed by atoms with Crippen LogP contribution in [-0.4, -0.2) is 17.8 Å². The van der Waals surface area contributed by atoms with Gasteiger partial charge >= 0.3 is 0 Å². The first kappa shape index (κ1) is 13.3. The molecular formula is C14H19N3S. The minimum Gasteiger partial charge on any atom is -0.382 e. The van der Waals surface area contributed by atoms with Gasteiger partial charge in [0.15, 0.2) is 0 Å². The summed E-state index contributed by atoms with van der Waals surface area (Å²) in [5.41, 5.74) is 7.77. The van der Waals surface area contributed by atoms with Crippen molar-refractivity contribution in [1.29, 1.82) is 5.26 Å². The van der Waals surface area contributed by atoms with E-state index in [1.54, 1.807) is 11.8 Å². The van der Waals surface area contributed by atoms with Crippen LogP contribution >= 0.6 is 11.8 Å². The lowest BCUT2D eigenvalue weighted by molar-refractivity contribution is 0.265. The van der Waals surface area contributed by atoms with E-state index in [0.717, 1.165) is 41.3 Å². The number of thioether (sulfide) groups is 1. The number of nitrogens with two attached hydrogens (primary N) is 1. The summed E-state index contributed by atoms with van der Waals surface area (Å²) in [7, 11) is 0. The van der Waals surface area contributed by atoms with Crippen molar-refractivity contribution in [1.82, 2.24) is 0 Å². The van der Waals surface area contributed by atoms with E-state index in [2.05, 4.69) is 18.3 Å². The standard InChI is InChI=1S/C14H19N3S/c1-2-18-13-6-3-5-12(11(13)9-15)17-10-14(16)7-4-8-14/h3,5-6,17H,2,4,7-8,10,16H2,1H3. The molecule has 1 aromatic carbocycles. The zero-order valence-corrected chi connectivity index (χ0v) is 11.5. The summed E-state index contributed by atoms with van der Waals surface area (Å²) in [6, 6.07) is 8.25. The molecule has 0 heterocycles.